The fourth-order valence-corrected chi connectivity index (χ4v) is 2.90. The van der Waals surface area contributed by atoms with Crippen molar-refractivity contribution in [2.24, 2.45) is 5.10 Å². The first-order valence-electron chi connectivity index (χ1n) is 7.25. The molecule has 120 valence electrons. The second-order valence-electron chi connectivity index (χ2n) is 5.35. The van der Waals surface area contributed by atoms with E-state index in [4.69, 9.17) is 0 Å². The number of rotatable bonds is 5. The van der Waals surface area contributed by atoms with Crippen LogP contribution in [0.3, 0.4) is 0 Å². The van der Waals surface area contributed by atoms with Gasteiger partial charge in [0.25, 0.3) is 10.0 Å². The van der Waals surface area contributed by atoms with Crippen LogP contribution < -0.4 is 4.83 Å². The van der Waals surface area contributed by atoms with Crippen molar-refractivity contribution in [1.29, 1.82) is 0 Å². The fraction of sp³-hybridized carbons (Fsp3) is 0.167. The molecule has 0 saturated heterocycles. The summed E-state index contributed by atoms with van der Waals surface area (Å²) in [6.45, 7) is 5.62. The lowest BCUT2D eigenvalue weighted by Crippen LogP contribution is -2.19. The summed E-state index contributed by atoms with van der Waals surface area (Å²) in [7, 11) is -3.64. The Hall–Kier alpha value is -2.40. The van der Waals surface area contributed by atoms with Crippen molar-refractivity contribution in [2.75, 3.05) is 0 Å². The van der Waals surface area contributed by atoms with Crippen LogP contribution in [-0.2, 0) is 10.0 Å². The second kappa shape index (κ2) is 7.24. The third kappa shape index (κ3) is 4.79. The summed E-state index contributed by atoms with van der Waals surface area (Å²) in [6, 6.07) is 16.5. The van der Waals surface area contributed by atoms with E-state index in [-0.39, 0.29) is 4.90 Å². The van der Waals surface area contributed by atoms with Crippen LogP contribution in [0.2, 0.25) is 0 Å². The molecule has 0 aromatic heterocycles. The fourth-order valence-electron chi connectivity index (χ4n) is 2.03. The minimum Gasteiger partial charge on any atom is -0.200 e. The topological polar surface area (TPSA) is 58.5 Å². The van der Waals surface area contributed by atoms with Crippen LogP contribution in [0.15, 0.2) is 70.7 Å². The first-order valence-corrected chi connectivity index (χ1v) is 8.73. The number of hydrogen-bond acceptors (Lipinski definition) is 3. The number of nitrogens with zero attached hydrogens (tertiary/aromatic N) is 1. The zero-order valence-corrected chi connectivity index (χ0v) is 14.3. The van der Waals surface area contributed by atoms with E-state index in [1.165, 1.54) is 0 Å². The number of sulfonamides is 1. The molecule has 4 nitrogen and oxygen atoms in total. The predicted molar refractivity (Wildman–Crippen MR) is 94.7 cm³/mol. The van der Waals surface area contributed by atoms with Gasteiger partial charge in [-0.15, -0.1) is 0 Å². The monoisotopic (exact) mass is 328 g/mol. The van der Waals surface area contributed by atoms with Gasteiger partial charge in [0.2, 0.25) is 0 Å². The van der Waals surface area contributed by atoms with Crippen LogP contribution in [0.5, 0.6) is 0 Å². The highest BCUT2D eigenvalue weighted by Gasteiger charge is 2.12. The number of hydrogen-bond donors (Lipinski definition) is 1. The third-order valence-electron chi connectivity index (χ3n) is 3.33. The third-order valence-corrected chi connectivity index (χ3v) is 4.55. The Bertz CT molecular complexity index is 821. The van der Waals surface area contributed by atoms with E-state index in [2.05, 4.69) is 9.93 Å². The second-order valence-corrected chi connectivity index (χ2v) is 7.02. The first kappa shape index (κ1) is 17.0. The van der Waals surface area contributed by atoms with E-state index in [0.29, 0.717) is 5.71 Å². The number of nitrogens with one attached hydrogen (secondary N) is 1. The summed E-state index contributed by atoms with van der Waals surface area (Å²) in [5, 5.41) is 3.96. The SMILES string of the molecule is C/C(=C/C(C)=N/NS(=O)(=O)c1ccc(C)cc1)c1ccccc1. The molecular formula is C18H20N2O2S. The van der Waals surface area contributed by atoms with Gasteiger partial charge in [0.05, 0.1) is 10.6 Å². The zero-order chi connectivity index (χ0) is 16.9. The molecule has 0 spiro atoms. The molecule has 0 unspecified atom stereocenters. The molecule has 0 aliphatic rings. The largest absolute Gasteiger partial charge is 0.276 e. The van der Waals surface area contributed by atoms with E-state index < -0.39 is 10.0 Å². The molecule has 0 saturated carbocycles. The Morgan fingerprint density at radius 1 is 1.00 bits per heavy atom. The van der Waals surface area contributed by atoms with Gasteiger partial charge in [0.15, 0.2) is 0 Å². The Balaban J connectivity index is 2.14. The summed E-state index contributed by atoms with van der Waals surface area (Å²) in [5.74, 6) is 0. The Morgan fingerprint density at radius 3 is 2.22 bits per heavy atom. The van der Waals surface area contributed by atoms with Crippen molar-refractivity contribution in [3.05, 3.63) is 71.8 Å². The average molecular weight is 328 g/mol. The highest BCUT2D eigenvalue weighted by atomic mass is 32.2. The maximum atomic E-state index is 12.2. The summed E-state index contributed by atoms with van der Waals surface area (Å²) in [6.07, 6.45) is 1.84. The van der Waals surface area contributed by atoms with Crippen LogP contribution >= 0.6 is 0 Å². The highest BCUT2D eigenvalue weighted by molar-refractivity contribution is 7.89. The van der Waals surface area contributed by atoms with E-state index >= 15 is 0 Å². The summed E-state index contributed by atoms with van der Waals surface area (Å²) in [5.41, 5.74) is 3.68. The quantitative estimate of drug-likeness (QED) is 0.671. The molecule has 0 radical (unpaired) electrons. The van der Waals surface area contributed by atoms with Crippen LogP contribution in [0.4, 0.5) is 0 Å². The van der Waals surface area contributed by atoms with Crippen LogP contribution in [0.25, 0.3) is 5.57 Å². The number of benzene rings is 2. The van der Waals surface area contributed by atoms with E-state index in [1.807, 2.05) is 50.3 Å². The smallest absolute Gasteiger partial charge is 0.200 e. The van der Waals surface area contributed by atoms with Gasteiger partial charge in [-0.05, 0) is 50.1 Å². The Kier molecular flexibility index (Phi) is 5.34. The molecule has 5 heteroatoms. The summed E-state index contributed by atoms with van der Waals surface area (Å²) in [4.78, 5) is 2.46. The number of aryl methyl sites for hydroxylation is 1. The molecular weight excluding hydrogens is 308 g/mol. The zero-order valence-electron chi connectivity index (χ0n) is 13.4. The van der Waals surface area contributed by atoms with Gasteiger partial charge in [-0.1, -0.05) is 48.0 Å². The number of hydrazone groups is 1. The molecule has 23 heavy (non-hydrogen) atoms. The van der Waals surface area contributed by atoms with Crippen LogP contribution in [0.1, 0.15) is 25.0 Å². The summed E-state index contributed by atoms with van der Waals surface area (Å²) >= 11 is 0. The van der Waals surface area contributed by atoms with Gasteiger partial charge in [-0.3, -0.25) is 0 Å². The van der Waals surface area contributed by atoms with E-state index in [9.17, 15) is 8.42 Å². The van der Waals surface area contributed by atoms with Gasteiger partial charge in [0, 0.05) is 0 Å². The normalized spacial score (nSPS) is 13.0. The molecule has 0 amide bonds. The van der Waals surface area contributed by atoms with Crippen molar-refractivity contribution in [3.63, 3.8) is 0 Å². The first-order chi connectivity index (χ1) is 10.9. The molecule has 2 aromatic carbocycles. The highest BCUT2D eigenvalue weighted by Crippen LogP contribution is 2.13. The Morgan fingerprint density at radius 2 is 1.61 bits per heavy atom. The number of allylic oxidation sites excluding steroid dienone is 2. The van der Waals surface area contributed by atoms with Crippen LogP contribution in [0, 0.1) is 6.92 Å². The lowest BCUT2D eigenvalue weighted by Gasteiger charge is -2.05. The van der Waals surface area contributed by atoms with E-state index in [0.717, 1.165) is 16.7 Å². The molecule has 0 heterocycles. The van der Waals surface area contributed by atoms with Crippen molar-refractivity contribution in [2.45, 2.75) is 25.7 Å². The lowest BCUT2D eigenvalue weighted by atomic mass is 10.1. The molecule has 1 N–H and O–H groups in total. The molecule has 0 aliphatic carbocycles. The molecule has 0 fully saturated rings. The van der Waals surface area contributed by atoms with Crippen molar-refractivity contribution < 1.29 is 8.42 Å². The van der Waals surface area contributed by atoms with E-state index in [1.54, 1.807) is 31.2 Å². The van der Waals surface area contributed by atoms with Crippen molar-refractivity contribution in [3.8, 4) is 0 Å². The maximum absolute atomic E-state index is 12.2. The Labute approximate surface area is 137 Å². The van der Waals surface area contributed by atoms with Gasteiger partial charge in [-0.2, -0.15) is 18.4 Å². The average Bonchev–Trinajstić information content (AvgIpc) is 2.54. The maximum Gasteiger partial charge on any atom is 0.276 e. The summed E-state index contributed by atoms with van der Waals surface area (Å²) < 4.78 is 24.3. The lowest BCUT2D eigenvalue weighted by molar-refractivity contribution is 0.584. The molecule has 2 aromatic rings. The van der Waals surface area contributed by atoms with Crippen molar-refractivity contribution >= 4 is 21.3 Å². The minimum atomic E-state index is -3.64. The van der Waals surface area contributed by atoms with Gasteiger partial charge in [0.1, 0.15) is 0 Å². The minimum absolute atomic E-state index is 0.198. The van der Waals surface area contributed by atoms with Gasteiger partial charge in [-0.25, -0.2) is 0 Å². The van der Waals surface area contributed by atoms with Crippen molar-refractivity contribution in [1.82, 2.24) is 4.83 Å². The molecule has 2 rings (SSSR count). The molecule has 0 bridgehead atoms. The van der Waals surface area contributed by atoms with Crippen LogP contribution in [-0.4, -0.2) is 14.1 Å². The predicted octanol–water partition coefficient (Wildman–Crippen LogP) is 3.75. The van der Waals surface area contributed by atoms with Gasteiger partial charge < -0.3 is 0 Å². The molecule has 0 atom stereocenters. The molecule has 0 aliphatic heterocycles. The standard InChI is InChI=1S/C18H20N2O2S/c1-14-9-11-18(12-10-14)23(21,22)20-19-16(3)13-15(2)17-7-5-4-6-8-17/h4-13,20H,1-3H3/b15-13-,19-16+. The van der Waals surface area contributed by atoms with Gasteiger partial charge >= 0.3 is 0 Å².